The average molecular weight is 266 g/mol. The highest BCUT2D eigenvalue weighted by molar-refractivity contribution is 6.59. The molecule has 3 nitrogen and oxygen atoms in total. The Bertz CT molecular complexity index is 425. The molecule has 1 aromatic carbocycles. The third-order valence-corrected chi connectivity index (χ3v) is 3.75. The summed E-state index contributed by atoms with van der Waals surface area (Å²) < 4.78 is 18.9. The van der Waals surface area contributed by atoms with Gasteiger partial charge in [0.05, 0.1) is 12.7 Å². The smallest absolute Gasteiger partial charge is 0.423 e. The number of benzene rings is 1. The van der Waals surface area contributed by atoms with E-state index in [-0.39, 0.29) is 11.6 Å². The van der Waals surface area contributed by atoms with E-state index in [0.29, 0.717) is 18.1 Å². The SMILES string of the molecule is CC1CCCC(OCc2ccc(F)cc2B(O)O)C1. The maximum atomic E-state index is 13.1. The maximum Gasteiger partial charge on any atom is 0.488 e. The van der Waals surface area contributed by atoms with Crippen molar-refractivity contribution in [3.05, 3.63) is 29.6 Å². The predicted octanol–water partition coefficient (Wildman–Crippen LogP) is 1.60. The molecule has 1 aliphatic rings. The van der Waals surface area contributed by atoms with Crippen LogP contribution >= 0.6 is 0 Å². The monoisotopic (exact) mass is 266 g/mol. The average Bonchev–Trinajstić information content (AvgIpc) is 2.37. The molecule has 0 bridgehead atoms. The van der Waals surface area contributed by atoms with E-state index in [1.807, 2.05) is 0 Å². The van der Waals surface area contributed by atoms with Crippen molar-refractivity contribution >= 4 is 12.6 Å². The molecule has 104 valence electrons. The molecule has 0 saturated heterocycles. The topological polar surface area (TPSA) is 49.7 Å². The molecule has 5 heteroatoms. The van der Waals surface area contributed by atoms with E-state index in [4.69, 9.17) is 4.74 Å². The number of halogens is 1. The lowest BCUT2D eigenvalue weighted by atomic mass is 9.77. The quantitative estimate of drug-likeness (QED) is 0.814. The molecule has 0 aromatic heterocycles. The van der Waals surface area contributed by atoms with Crippen molar-refractivity contribution in [2.45, 2.75) is 45.3 Å². The summed E-state index contributed by atoms with van der Waals surface area (Å²) in [7, 11) is -1.67. The summed E-state index contributed by atoms with van der Waals surface area (Å²) in [6.45, 7) is 2.51. The zero-order valence-corrected chi connectivity index (χ0v) is 11.2. The van der Waals surface area contributed by atoms with E-state index in [9.17, 15) is 14.4 Å². The van der Waals surface area contributed by atoms with Crippen LogP contribution in [0.2, 0.25) is 0 Å². The predicted molar refractivity (Wildman–Crippen MR) is 72.4 cm³/mol. The lowest BCUT2D eigenvalue weighted by Gasteiger charge is -2.27. The first-order chi connectivity index (χ1) is 9.06. The molecule has 1 fully saturated rings. The van der Waals surface area contributed by atoms with E-state index in [1.54, 1.807) is 6.07 Å². The minimum atomic E-state index is -1.67. The van der Waals surface area contributed by atoms with E-state index >= 15 is 0 Å². The first kappa shape index (κ1) is 14.5. The van der Waals surface area contributed by atoms with Gasteiger partial charge in [0.15, 0.2) is 0 Å². The van der Waals surface area contributed by atoms with Crippen LogP contribution in [0.3, 0.4) is 0 Å². The summed E-state index contributed by atoms with van der Waals surface area (Å²) in [5.74, 6) is 0.202. The fourth-order valence-electron chi connectivity index (χ4n) is 2.68. The molecule has 0 aliphatic heterocycles. The second-order valence-electron chi connectivity index (χ2n) is 5.42. The molecule has 2 N–H and O–H groups in total. The van der Waals surface area contributed by atoms with E-state index in [1.165, 1.54) is 18.9 Å². The van der Waals surface area contributed by atoms with Crippen LogP contribution in [0, 0.1) is 11.7 Å². The number of rotatable bonds is 4. The van der Waals surface area contributed by atoms with Gasteiger partial charge in [0, 0.05) is 0 Å². The van der Waals surface area contributed by atoms with Gasteiger partial charge >= 0.3 is 7.12 Å². The second kappa shape index (κ2) is 6.50. The summed E-state index contributed by atoms with van der Waals surface area (Å²) in [6, 6.07) is 4.01. The third kappa shape index (κ3) is 4.03. The zero-order valence-electron chi connectivity index (χ0n) is 11.2. The van der Waals surface area contributed by atoms with Crippen molar-refractivity contribution in [1.82, 2.24) is 0 Å². The summed E-state index contributed by atoms with van der Waals surface area (Å²) in [4.78, 5) is 0. The van der Waals surface area contributed by atoms with Gasteiger partial charge in [-0.2, -0.15) is 0 Å². The van der Waals surface area contributed by atoms with Crippen LogP contribution in [0.4, 0.5) is 4.39 Å². The number of hydrogen-bond donors (Lipinski definition) is 2. The highest BCUT2D eigenvalue weighted by Gasteiger charge is 2.21. The van der Waals surface area contributed by atoms with E-state index in [0.717, 1.165) is 18.9 Å². The van der Waals surface area contributed by atoms with Gasteiger partial charge in [0.1, 0.15) is 5.82 Å². The zero-order chi connectivity index (χ0) is 13.8. The summed E-state index contributed by atoms with van der Waals surface area (Å²) >= 11 is 0. The van der Waals surface area contributed by atoms with Crippen molar-refractivity contribution in [2.75, 3.05) is 0 Å². The molecule has 0 radical (unpaired) electrons. The van der Waals surface area contributed by atoms with Crippen LogP contribution in [0.1, 0.15) is 38.2 Å². The minimum absolute atomic E-state index is 0.184. The molecule has 1 aromatic rings. The minimum Gasteiger partial charge on any atom is -0.423 e. The molecule has 2 unspecified atom stereocenters. The molecular formula is C14H20BFO3. The van der Waals surface area contributed by atoms with Crippen LogP contribution in [0.5, 0.6) is 0 Å². The molecule has 0 heterocycles. The van der Waals surface area contributed by atoms with Crippen LogP contribution in [-0.2, 0) is 11.3 Å². The molecule has 1 aliphatic carbocycles. The van der Waals surface area contributed by atoms with Crippen molar-refractivity contribution in [2.24, 2.45) is 5.92 Å². The molecular weight excluding hydrogens is 246 g/mol. The Balaban J connectivity index is 1.99. The fourth-order valence-corrected chi connectivity index (χ4v) is 2.68. The van der Waals surface area contributed by atoms with Gasteiger partial charge in [-0.15, -0.1) is 0 Å². The standard InChI is InChI=1S/C14H20BFO3/c1-10-3-2-4-13(7-10)19-9-11-5-6-12(16)8-14(11)15(17)18/h5-6,8,10,13,17-18H,2-4,7,9H2,1H3. The Morgan fingerprint density at radius 3 is 2.84 bits per heavy atom. The third-order valence-electron chi connectivity index (χ3n) is 3.75. The summed E-state index contributed by atoms with van der Waals surface area (Å²) in [6.07, 6.45) is 4.72. The lowest BCUT2D eigenvalue weighted by molar-refractivity contribution is 0.00491. The molecule has 1 saturated carbocycles. The summed E-state index contributed by atoms with van der Waals surface area (Å²) in [5.41, 5.74) is 0.818. The Labute approximate surface area is 113 Å². The Hall–Kier alpha value is -0.905. The van der Waals surface area contributed by atoms with Crippen LogP contribution < -0.4 is 5.46 Å². The molecule has 2 rings (SSSR count). The van der Waals surface area contributed by atoms with Crippen LogP contribution in [0.25, 0.3) is 0 Å². The summed E-state index contributed by atoms with van der Waals surface area (Å²) in [5, 5.41) is 18.5. The second-order valence-corrected chi connectivity index (χ2v) is 5.42. The van der Waals surface area contributed by atoms with Gasteiger partial charge in [-0.05, 0) is 41.9 Å². The normalized spacial score (nSPS) is 23.4. The first-order valence-corrected chi connectivity index (χ1v) is 6.82. The Morgan fingerprint density at radius 2 is 2.16 bits per heavy atom. The molecule has 2 atom stereocenters. The number of ether oxygens (including phenoxy) is 1. The van der Waals surface area contributed by atoms with Gasteiger partial charge in [-0.1, -0.05) is 25.8 Å². The van der Waals surface area contributed by atoms with Crippen molar-refractivity contribution in [3.63, 3.8) is 0 Å². The van der Waals surface area contributed by atoms with Crippen LogP contribution in [-0.4, -0.2) is 23.3 Å². The van der Waals surface area contributed by atoms with E-state index < -0.39 is 12.9 Å². The largest absolute Gasteiger partial charge is 0.488 e. The van der Waals surface area contributed by atoms with E-state index in [2.05, 4.69) is 6.92 Å². The van der Waals surface area contributed by atoms with Gasteiger partial charge in [0.25, 0.3) is 0 Å². The number of hydrogen-bond acceptors (Lipinski definition) is 3. The van der Waals surface area contributed by atoms with Crippen molar-refractivity contribution in [3.8, 4) is 0 Å². The molecule has 0 amide bonds. The van der Waals surface area contributed by atoms with Gasteiger partial charge in [-0.3, -0.25) is 0 Å². The lowest BCUT2D eigenvalue weighted by Crippen LogP contribution is -2.34. The highest BCUT2D eigenvalue weighted by Crippen LogP contribution is 2.26. The van der Waals surface area contributed by atoms with Gasteiger partial charge in [-0.25, -0.2) is 4.39 Å². The fraction of sp³-hybridized carbons (Fsp3) is 0.571. The highest BCUT2D eigenvalue weighted by atomic mass is 19.1. The van der Waals surface area contributed by atoms with Crippen molar-refractivity contribution in [1.29, 1.82) is 0 Å². The molecule has 0 spiro atoms. The van der Waals surface area contributed by atoms with Crippen molar-refractivity contribution < 1.29 is 19.2 Å². The van der Waals surface area contributed by atoms with Gasteiger partial charge in [0.2, 0.25) is 0 Å². The van der Waals surface area contributed by atoms with Gasteiger partial charge < -0.3 is 14.8 Å². The Kier molecular flexibility index (Phi) is 4.96. The van der Waals surface area contributed by atoms with Crippen LogP contribution in [0.15, 0.2) is 18.2 Å². The maximum absolute atomic E-state index is 13.1. The Morgan fingerprint density at radius 1 is 1.37 bits per heavy atom. The first-order valence-electron chi connectivity index (χ1n) is 6.82. The molecule has 19 heavy (non-hydrogen) atoms.